The number of amidine groups is 1. The Morgan fingerprint density at radius 2 is 1.85 bits per heavy atom. The van der Waals surface area contributed by atoms with Crippen LogP contribution in [0.1, 0.15) is 31.4 Å². The molecule has 1 N–H and O–H groups in total. The van der Waals surface area contributed by atoms with Crippen molar-refractivity contribution >= 4 is 40.3 Å². The summed E-state index contributed by atoms with van der Waals surface area (Å²) in [6, 6.07) is 13.0. The summed E-state index contributed by atoms with van der Waals surface area (Å²) in [5, 5.41) is 8.28. The summed E-state index contributed by atoms with van der Waals surface area (Å²) in [5.74, 6) is 0.274. The van der Waals surface area contributed by atoms with Crippen molar-refractivity contribution in [2.24, 2.45) is 5.10 Å². The van der Waals surface area contributed by atoms with E-state index in [9.17, 15) is 14.4 Å². The highest BCUT2D eigenvalue weighted by Gasteiger charge is 2.61. The van der Waals surface area contributed by atoms with E-state index < -0.39 is 10.8 Å². The molecule has 0 bridgehead atoms. The van der Waals surface area contributed by atoms with Gasteiger partial charge in [-0.05, 0) is 42.8 Å². The van der Waals surface area contributed by atoms with Gasteiger partial charge in [0.1, 0.15) is 0 Å². The van der Waals surface area contributed by atoms with E-state index >= 15 is 0 Å². The molecule has 4 rings (SSSR count). The molecule has 9 nitrogen and oxygen atoms in total. The van der Waals surface area contributed by atoms with Crippen LogP contribution in [0, 0.1) is 6.92 Å². The van der Waals surface area contributed by atoms with Crippen LogP contribution in [0.3, 0.4) is 0 Å². The second kappa shape index (κ2) is 9.38. The summed E-state index contributed by atoms with van der Waals surface area (Å²) in [4.78, 5) is 38.4. The summed E-state index contributed by atoms with van der Waals surface area (Å²) >= 11 is 1.07. The third kappa shape index (κ3) is 3.98. The number of anilines is 1. The van der Waals surface area contributed by atoms with Gasteiger partial charge in [-0.15, -0.1) is 5.10 Å². The van der Waals surface area contributed by atoms with Crippen molar-refractivity contribution in [3.05, 3.63) is 53.6 Å². The Kier molecular flexibility index (Phi) is 6.52. The van der Waals surface area contributed by atoms with Crippen LogP contribution in [-0.2, 0) is 19.3 Å². The summed E-state index contributed by atoms with van der Waals surface area (Å²) < 4.78 is 11.2. The Labute approximate surface area is 202 Å². The SMILES string of the molecule is COc1ccccc1OCCCN1C(=O)[C@@]2(SC(NC(C)=O)=NN2C(C)=O)c2cccc(C)c21. The summed E-state index contributed by atoms with van der Waals surface area (Å²) in [6.45, 7) is 5.39. The largest absolute Gasteiger partial charge is 0.493 e. The van der Waals surface area contributed by atoms with Crippen molar-refractivity contribution in [2.75, 3.05) is 25.2 Å². The van der Waals surface area contributed by atoms with Crippen molar-refractivity contribution in [2.45, 2.75) is 32.1 Å². The zero-order valence-electron chi connectivity index (χ0n) is 19.5. The molecule has 0 saturated heterocycles. The summed E-state index contributed by atoms with van der Waals surface area (Å²) in [5.41, 5.74) is 2.33. The minimum absolute atomic E-state index is 0.213. The maximum atomic E-state index is 13.9. The first-order chi connectivity index (χ1) is 16.3. The lowest BCUT2D eigenvalue weighted by Gasteiger charge is -2.29. The van der Waals surface area contributed by atoms with E-state index in [-0.39, 0.29) is 17.0 Å². The number of methoxy groups -OCH3 is 1. The van der Waals surface area contributed by atoms with E-state index in [1.807, 2.05) is 49.4 Å². The Bertz CT molecular complexity index is 1180. The van der Waals surface area contributed by atoms with Crippen LogP contribution >= 0.6 is 11.8 Å². The number of rotatable bonds is 6. The van der Waals surface area contributed by atoms with Crippen molar-refractivity contribution < 1.29 is 23.9 Å². The minimum Gasteiger partial charge on any atom is -0.493 e. The van der Waals surface area contributed by atoms with Gasteiger partial charge in [0.05, 0.1) is 19.4 Å². The molecule has 0 radical (unpaired) electrons. The second-order valence-electron chi connectivity index (χ2n) is 7.94. The number of nitrogens with zero attached hydrogens (tertiary/aromatic N) is 3. The van der Waals surface area contributed by atoms with Gasteiger partial charge in [-0.2, -0.15) is 5.01 Å². The minimum atomic E-state index is -1.39. The average molecular weight is 483 g/mol. The van der Waals surface area contributed by atoms with Gasteiger partial charge in [0.25, 0.3) is 5.91 Å². The fourth-order valence-corrected chi connectivity index (χ4v) is 5.53. The van der Waals surface area contributed by atoms with Gasteiger partial charge < -0.3 is 19.7 Å². The molecule has 2 aromatic carbocycles. The Hall–Kier alpha value is -3.53. The monoisotopic (exact) mass is 482 g/mol. The zero-order chi connectivity index (χ0) is 24.5. The van der Waals surface area contributed by atoms with Gasteiger partial charge in [0.2, 0.25) is 16.7 Å². The van der Waals surface area contributed by atoms with Crippen LogP contribution < -0.4 is 19.7 Å². The molecule has 2 aromatic rings. The van der Waals surface area contributed by atoms with E-state index in [0.29, 0.717) is 36.6 Å². The standard InChI is InChI=1S/C24H26N4O5S/c1-15-9-7-10-18-21(15)27(13-8-14-33-20-12-6-5-11-19(20)32-4)22(31)24(18)28(17(3)30)26-23(34-24)25-16(2)29/h5-7,9-12H,8,13-14H2,1-4H3,(H,25,26,29)/t24-/m0/s1. The number of nitrogens with one attached hydrogen (secondary N) is 1. The zero-order valence-corrected chi connectivity index (χ0v) is 20.3. The van der Waals surface area contributed by atoms with Gasteiger partial charge in [-0.1, -0.05) is 30.3 Å². The number of para-hydroxylation sites is 3. The number of hydrogen-bond acceptors (Lipinski definition) is 7. The summed E-state index contributed by atoms with van der Waals surface area (Å²) in [6.07, 6.45) is 0.553. The number of carbonyl (C=O) groups excluding carboxylic acids is 3. The Morgan fingerprint density at radius 3 is 2.53 bits per heavy atom. The summed E-state index contributed by atoms with van der Waals surface area (Å²) in [7, 11) is 1.58. The first kappa shape index (κ1) is 23.6. The molecule has 2 aliphatic heterocycles. The smallest absolute Gasteiger partial charge is 0.270 e. The van der Waals surface area contributed by atoms with Gasteiger partial charge in [-0.3, -0.25) is 14.4 Å². The van der Waals surface area contributed by atoms with Crippen molar-refractivity contribution in [3.8, 4) is 11.5 Å². The lowest BCUT2D eigenvalue weighted by molar-refractivity contribution is -0.139. The molecule has 10 heteroatoms. The van der Waals surface area contributed by atoms with Gasteiger partial charge >= 0.3 is 0 Å². The first-order valence-corrected chi connectivity index (χ1v) is 11.6. The van der Waals surface area contributed by atoms with E-state index in [4.69, 9.17) is 9.47 Å². The average Bonchev–Trinajstić information content (AvgIpc) is 3.29. The van der Waals surface area contributed by atoms with Crippen LogP contribution in [0.25, 0.3) is 0 Å². The number of fused-ring (bicyclic) bond motifs is 2. The van der Waals surface area contributed by atoms with Crippen LogP contribution in [0.2, 0.25) is 0 Å². The number of amides is 3. The van der Waals surface area contributed by atoms with Gasteiger partial charge in [-0.25, -0.2) is 0 Å². The molecule has 3 amide bonds. The maximum Gasteiger partial charge on any atom is 0.270 e. The third-order valence-electron chi connectivity index (χ3n) is 5.58. The van der Waals surface area contributed by atoms with E-state index in [2.05, 4.69) is 10.4 Å². The number of carbonyl (C=O) groups is 3. The lowest BCUT2D eigenvalue weighted by atomic mass is 10.0. The number of aryl methyl sites for hydroxylation is 1. The van der Waals surface area contributed by atoms with Crippen molar-refractivity contribution in [1.29, 1.82) is 0 Å². The lowest BCUT2D eigenvalue weighted by Crippen LogP contribution is -2.48. The molecule has 1 atom stereocenters. The highest BCUT2D eigenvalue weighted by Crippen LogP contribution is 2.55. The number of hydrogen-bond donors (Lipinski definition) is 1. The molecule has 0 unspecified atom stereocenters. The molecule has 0 saturated carbocycles. The number of ether oxygens (including phenoxy) is 2. The van der Waals surface area contributed by atoms with Crippen LogP contribution in [-0.4, -0.2) is 48.2 Å². The molecule has 2 aliphatic rings. The van der Waals surface area contributed by atoms with Gasteiger partial charge in [0, 0.05) is 26.0 Å². The normalized spacial score (nSPS) is 18.7. The number of hydrazone groups is 1. The molecular weight excluding hydrogens is 456 g/mol. The van der Waals surface area contributed by atoms with E-state index in [0.717, 1.165) is 23.0 Å². The quantitative estimate of drug-likeness (QED) is 0.636. The molecule has 178 valence electrons. The highest BCUT2D eigenvalue weighted by atomic mass is 32.2. The maximum absolute atomic E-state index is 13.9. The topological polar surface area (TPSA) is 101 Å². The fourth-order valence-electron chi connectivity index (χ4n) is 4.21. The van der Waals surface area contributed by atoms with E-state index in [1.54, 1.807) is 12.0 Å². The van der Waals surface area contributed by atoms with Gasteiger partial charge in [0.15, 0.2) is 16.7 Å². The molecular formula is C24H26N4O5S. The predicted octanol–water partition coefficient (Wildman–Crippen LogP) is 2.97. The predicted molar refractivity (Wildman–Crippen MR) is 130 cm³/mol. The molecule has 0 aliphatic carbocycles. The third-order valence-corrected chi connectivity index (χ3v) is 6.82. The van der Waals surface area contributed by atoms with Crippen LogP contribution in [0.4, 0.5) is 5.69 Å². The molecule has 0 aromatic heterocycles. The fraction of sp³-hybridized carbons (Fsp3) is 0.333. The second-order valence-corrected chi connectivity index (χ2v) is 9.13. The van der Waals surface area contributed by atoms with Crippen LogP contribution in [0.5, 0.6) is 11.5 Å². The number of benzene rings is 2. The molecule has 2 heterocycles. The number of thioether (sulfide) groups is 1. The molecule has 0 fully saturated rings. The molecule has 1 spiro atoms. The Balaban J connectivity index is 1.59. The van der Waals surface area contributed by atoms with Crippen molar-refractivity contribution in [1.82, 2.24) is 10.3 Å². The molecule has 34 heavy (non-hydrogen) atoms. The van der Waals surface area contributed by atoms with Crippen LogP contribution in [0.15, 0.2) is 47.6 Å². The van der Waals surface area contributed by atoms with E-state index in [1.165, 1.54) is 18.9 Å². The highest BCUT2D eigenvalue weighted by molar-refractivity contribution is 8.15. The Morgan fingerprint density at radius 1 is 1.12 bits per heavy atom. The van der Waals surface area contributed by atoms with Crippen molar-refractivity contribution in [3.63, 3.8) is 0 Å². The first-order valence-electron chi connectivity index (χ1n) is 10.8.